The first-order chi connectivity index (χ1) is 5.52. The van der Waals surface area contributed by atoms with Crippen molar-refractivity contribution in [2.24, 2.45) is 5.73 Å². The van der Waals surface area contributed by atoms with Crippen molar-refractivity contribution in [3.05, 3.63) is 18.8 Å². The smallest absolute Gasteiger partial charge is 0.693 e. The molecule has 0 aliphatic rings. The number of amides is 1. The first-order valence-electron chi connectivity index (χ1n) is 3.41. The molecule has 6 nitrogen and oxygen atoms in total. The van der Waals surface area contributed by atoms with Crippen molar-refractivity contribution in [2.75, 3.05) is 0 Å². The van der Waals surface area contributed by atoms with Crippen LogP contribution in [0.25, 0.3) is 6.15 Å². The second-order valence-electron chi connectivity index (χ2n) is 3.19. The molecule has 0 spiro atoms. The summed E-state index contributed by atoms with van der Waals surface area (Å²) in [5, 5.41) is 0. The van der Waals surface area contributed by atoms with Crippen molar-refractivity contribution < 1.29 is 69.1 Å². The van der Waals surface area contributed by atoms with Crippen molar-refractivity contribution in [3.8, 4) is 0 Å². The third-order valence-electron chi connectivity index (χ3n) is 0.975. The van der Waals surface area contributed by atoms with Crippen molar-refractivity contribution in [3.63, 3.8) is 0 Å². The summed E-state index contributed by atoms with van der Waals surface area (Å²) in [6.45, 7) is 7.38. The van der Waals surface area contributed by atoms with Crippen molar-refractivity contribution in [1.82, 2.24) is 0 Å². The third kappa shape index (κ3) is 17.3. The molecule has 0 saturated carbocycles. The number of hydrogen-bond acceptors (Lipinski definition) is 3. The standard InChI is InChI=1S/C4H10O3S.C3H5NO.K.H2N/c1-4(2,3)8(5,6)7;1-2-3(4)5;;/h1-3H3,(H,5,6,7);2H,1H2,(H2,4,5);;1H2/q;;+1;-1. The van der Waals surface area contributed by atoms with Crippen LogP contribution in [0.1, 0.15) is 20.8 Å². The molecule has 0 aliphatic carbocycles. The van der Waals surface area contributed by atoms with Crippen molar-refractivity contribution >= 4 is 16.0 Å². The predicted molar refractivity (Wildman–Crippen MR) is 56.0 cm³/mol. The Morgan fingerprint density at radius 2 is 1.53 bits per heavy atom. The third-order valence-corrected chi connectivity index (χ3v) is 2.52. The number of hydrogen-bond donors (Lipinski definition) is 2. The van der Waals surface area contributed by atoms with E-state index >= 15 is 0 Å². The van der Waals surface area contributed by atoms with E-state index in [1.807, 2.05) is 0 Å². The SMILES string of the molecule is C=CC(N)=O.CC(C)(C)S(=O)(=O)O.[K+].[NH2-]. The van der Waals surface area contributed by atoms with E-state index in [1.165, 1.54) is 20.8 Å². The first kappa shape index (κ1) is 24.8. The minimum Gasteiger partial charge on any atom is -0.693 e. The van der Waals surface area contributed by atoms with E-state index in [1.54, 1.807) is 0 Å². The Bertz CT molecular complexity index is 282. The van der Waals surface area contributed by atoms with Gasteiger partial charge in [-0.05, 0) is 26.8 Å². The normalized spacial score (nSPS) is 9.60. The van der Waals surface area contributed by atoms with Gasteiger partial charge in [0, 0.05) is 0 Å². The Balaban J connectivity index is -0.0000000770. The van der Waals surface area contributed by atoms with E-state index in [-0.39, 0.29) is 57.5 Å². The minimum atomic E-state index is -3.84. The average Bonchev–Trinajstić information content (AvgIpc) is 1.84. The summed E-state index contributed by atoms with van der Waals surface area (Å²) in [6.07, 6.45) is 1.06. The molecule has 8 heteroatoms. The molecule has 0 bridgehead atoms. The maximum absolute atomic E-state index is 10.2. The van der Waals surface area contributed by atoms with Gasteiger partial charge in [-0.25, -0.2) is 0 Å². The molecule has 0 aromatic carbocycles. The van der Waals surface area contributed by atoms with Gasteiger partial charge in [0.25, 0.3) is 10.1 Å². The van der Waals surface area contributed by atoms with Crippen LogP contribution in [0.3, 0.4) is 0 Å². The largest absolute Gasteiger partial charge is 1.00 e. The molecule has 15 heavy (non-hydrogen) atoms. The zero-order valence-corrected chi connectivity index (χ0v) is 13.5. The summed E-state index contributed by atoms with van der Waals surface area (Å²) in [4.78, 5) is 9.47. The van der Waals surface area contributed by atoms with Gasteiger partial charge in [-0.3, -0.25) is 9.35 Å². The number of primary amides is 1. The van der Waals surface area contributed by atoms with Gasteiger partial charge in [-0.15, -0.1) is 0 Å². The molecule has 0 heterocycles. The molecule has 0 saturated heterocycles. The van der Waals surface area contributed by atoms with Crippen LogP contribution in [-0.2, 0) is 14.9 Å². The molecule has 0 aliphatic heterocycles. The van der Waals surface area contributed by atoms with Gasteiger partial charge in [-0.1, -0.05) is 6.58 Å². The zero-order chi connectivity index (χ0) is 11.3. The maximum atomic E-state index is 10.2. The molecule has 0 atom stereocenters. The van der Waals surface area contributed by atoms with Gasteiger partial charge in [0.15, 0.2) is 0 Å². The Morgan fingerprint density at radius 1 is 1.40 bits per heavy atom. The van der Waals surface area contributed by atoms with Gasteiger partial charge < -0.3 is 11.9 Å². The van der Waals surface area contributed by atoms with Gasteiger partial charge >= 0.3 is 51.4 Å². The van der Waals surface area contributed by atoms with Gasteiger partial charge in [0.2, 0.25) is 5.91 Å². The van der Waals surface area contributed by atoms with Crippen LogP contribution in [0.15, 0.2) is 12.7 Å². The monoisotopic (exact) mass is 264 g/mol. The molecule has 86 valence electrons. The molecular formula is C7H17KN2O4S. The van der Waals surface area contributed by atoms with Gasteiger partial charge in [0.05, 0.1) is 4.75 Å². The first-order valence-corrected chi connectivity index (χ1v) is 4.85. The Hall–Kier alpha value is 0.716. The predicted octanol–water partition coefficient (Wildman–Crippen LogP) is -1.95. The fourth-order valence-electron chi connectivity index (χ4n) is 0. The number of rotatable bonds is 1. The Kier molecular flexibility index (Phi) is 16.4. The number of carbonyl (C=O) groups is 1. The molecule has 0 aromatic rings. The fourth-order valence-corrected chi connectivity index (χ4v) is 0. The van der Waals surface area contributed by atoms with Gasteiger partial charge in [0.1, 0.15) is 0 Å². The van der Waals surface area contributed by atoms with E-state index in [4.69, 9.17) is 4.55 Å². The fraction of sp³-hybridized carbons (Fsp3) is 0.571. The minimum absolute atomic E-state index is 0. The van der Waals surface area contributed by atoms with E-state index in [2.05, 4.69) is 12.3 Å². The second kappa shape index (κ2) is 9.91. The number of carbonyl (C=O) groups excluding carboxylic acids is 1. The second-order valence-corrected chi connectivity index (χ2v) is 5.37. The van der Waals surface area contributed by atoms with E-state index < -0.39 is 20.8 Å². The Labute approximate surface area is 133 Å². The van der Waals surface area contributed by atoms with E-state index in [0.717, 1.165) is 6.08 Å². The summed E-state index contributed by atoms with van der Waals surface area (Å²) in [7, 11) is -3.84. The molecule has 1 amide bonds. The molecule has 0 aromatic heterocycles. The molecular weight excluding hydrogens is 247 g/mol. The summed E-state index contributed by atoms with van der Waals surface area (Å²) in [6, 6.07) is 0. The van der Waals surface area contributed by atoms with E-state index in [9.17, 15) is 13.2 Å². The van der Waals surface area contributed by atoms with Crippen LogP contribution in [0.5, 0.6) is 0 Å². The molecule has 0 fully saturated rings. The average molecular weight is 264 g/mol. The molecule has 0 unspecified atom stereocenters. The van der Waals surface area contributed by atoms with Crippen LogP contribution < -0.4 is 57.1 Å². The zero-order valence-electron chi connectivity index (χ0n) is 9.52. The molecule has 0 radical (unpaired) electrons. The number of nitrogens with two attached hydrogens (primary N) is 2. The summed E-state index contributed by atoms with van der Waals surface area (Å²) in [5.74, 6) is -0.481. The summed E-state index contributed by atoms with van der Waals surface area (Å²) >= 11 is 0. The summed E-state index contributed by atoms with van der Waals surface area (Å²) < 4.78 is 27.7. The van der Waals surface area contributed by atoms with Crippen LogP contribution in [0.4, 0.5) is 0 Å². The van der Waals surface area contributed by atoms with Crippen molar-refractivity contribution in [1.29, 1.82) is 0 Å². The van der Waals surface area contributed by atoms with Crippen LogP contribution in [0.2, 0.25) is 0 Å². The molecule has 5 N–H and O–H groups in total. The maximum Gasteiger partial charge on any atom is 1.00 e. The molecule has 0 rings (SSSR count). The topological polar surface area (TPSA) is 131 Å². The van der Waals surface area contributed by atoms with E-state index in [0.29, 0.717) is 0 Å². The van der Waals surface area contributed by atoms with Crippen LogP contribution >= 0.6 is 0 Å². The Morgan fingerprint density at radius 3 is 1.53 bits per heavy atom. The van der Waals surface area contributed by atoms with Crippen molar-refractivity contribution in [2.45, 2.75) is 25.5 Å². The summed E-state index contributed by atoms with van der Waals surface area (Å²) in [5.41, 5.74) is 4.53. The van der Waals surface area contributed by atoms with Crippen LogP contribution in [-0.4, -0.2) is 23.6 Å². The van der Waals surface area contributed by atoms with Crippen LogP contribution in [0, 0.1) is 0 Å². The quantitative estimate of drug-likeness (QED) is 0.324. The van der Waals surface area contributed by atoms with Gasteiger partial charge in [-0.2, -0.15) is 8.42 Å².